The van der Waals surface area contributed by atoms with E-state index in [1.807, 2.05) is 4.90 Å². The molecule has 1 aromatic rings. The van der Waals surface area contributed by atoms with E-state index in [0.29, 0.717) is 38.3 Å². The smallest absolute Gasteiger partial charge is 0.312 e. The zero-order valence-corrected chi connectivity index (χ0v) is 15.2. The quantitative estimate of drug-likeness (QED) is 0.561. The lowest BCUT2D eigenvalue weighted by Crippen LogP contribution is -3.13. The Morgan fingerprint density at radius 1 is 1.31 bits per heavy atom. The molecule has 8 heteroatoms. The number of benzene rings is 1. The minimum Gasteiger partial charge on any atom is -0.496 e. The fourth-order valence-corrected chi connectivity index (χ4v) is 3.17. The van der Waals surface area contributed by atoms with Gasteiger partial charge in [-0.15, -0.1) is 0 Å². The molecule has 1 heterocycles. The Labute approximate surface area is 153 Å². The molecule has 0 aromatic heterocycles. The van der Waals surface area contributed by atoms with Crippen molar-refractivity contribution in [3.63, 3.8) is 0 Å². The standard InChI is InChI=1S/C18H27FN4O3/c1-26-16-6-5-15(19)12-14(16)13-22-8-10-23(11-9-22)17(24)4-2-3-7-21-18(20)25/h5-6,12H,2-4,7-11,13H2,1H3,(H3,20,21,25)/p+1. The van der Waals surface area contributed by atoms with Crippen molar-refractivity contribution in [2.75, 3.05) is 39.8 Å². The van der Waals surface area contributed by atoms with Gasteiger partial charge in [0.05, 0.1) is 38.9 Å². The van der Waals surface area contributed by atoms with Crippen LogP contribution in [0.5, 0.6) is 5.75 Å². The Morgan fingerprint density at radius 2 is 2.04 bits per heavy atom. The average Bonchev–Trinajstić information content (AvgIpc) is 2.62. The fourth-order valence-electron chi connectivity index (χ4n) is 3.17. The van der Waals surface area contributed by atoms with Gasteiger partial charge in [0.15, 0.2) is 0 Å². The zero-order chi connectivity index (χ0) is 18.9. The summed E-state index contributed by atoms with van der Waals surface area (Å²) in [6, 6.07) is 4.03. The number of carbonyl (C=O) groups is 2. The van der Waals surface area contributed by atoms with E-state index >= 15 is 0 Å². The third kappa shape index (κ3) is 6.18. The molecular formula is C18H28FN4O3+. The summed E-state index contributed by atoms with van der Waals surface area (Å²) in [5.74, 6) is 0.577. The first-order chi connectivity index (χ1) is 12.5. The third-order valence-corrected chi connectivity index (χ3v) is 4.62. The second-order valence-electron chi connectivity index (χ2n) is 6.51. The number of hydrogen-bond acceptors (Lipinski definition) is 3. The summed E-state index contributed by atoms with van der Waals surface area (Å²) in [5.41, 5.74) is 5.84. The number of rotatable bonds is 8. The summed E-state index contributed by atoms with van der Waals surface area (Å²) in [5, 5.41) is 2.51. The van der Waals surface area contributed by atoms with Crippen LogP contribution in [0.1, 0.15) is 24.8 Å². The van der Waals surface area contributed by atoms with Gasteiger partial charge in [0.1, 0.15) is 18.1 Å². The van der Waals surface area contributed by atoms with Crippen LogP contribution in [0.25, 0.3) is 0 Å². The van der Waals surface area contributed by atoms with Crippen molar-refractivity contribution in [1.82, 2.24) is 10.2 Å². The van der Waals surface area contributed by atoms with Crippen molar-refractivity contribution >= 4 is 11.9 Å². The summed E-state index contributed by atoms with van der Waals surface area (Å²) in [6.45, 7) is 4.23. The van der Waals surface area contributed by atoms with Gasteiger partial charge in [-0.2, -0.15) is 0 Å². The number of piperazine rings is 1. The Morgan fingerprint density at radius 3 is 2.69 bits per heavy atom. The SMILES string of the molecule is COc1ccc(F)cc1C[NH+]1CCN(C(=O)CCCCNC(N)=O)CC1. The first kappa shape index (κ1) is 20.0. The Bertz CT molecular complexity index is 618. The van der Waals surface area contributed by atoms with Gasteiger partial charge in [-0.3, -0.25) is 4.79 Å². The maximum absolute atomic E-state index is 13.5. The molecule has 2 rings (SSSR count). The van der Waals surface area contributed by atoms with E-state index in [1.54, 1.807) is 13.2 Å². The van der Waals surface area contributed by atoms with Crippen LogP contribution in [0.4, 0.5) is 9.18 Å². The fraction of sp³-hybridized carbons (Fsp3) is 0.556. The predicted octanol–water partition coefficient (Wildman–Crippen LogP) is -0.1000. The largest absolute Gasteiger partial charge is 0.496 e. The number of amides is 3. The zero-order valence-electron chi connectivity index (χ0n) is 15.2. The molecule has 26 heavy (non-hydrogen) atoms. The highest BCUT2D eigenvalue weighted by atomic mass is 19.1. The lowest BCUT2D eigenvalue weighted by Gasteiger charge is -2.32. The molecule has 4 N–H and O–H groups in total. The molecule has 3 amide bonds. The van der Waals surface area contributed by atoms with E-state index < -0.39 is 6.03 Å². The summed E-state index contributed by atoms with van der Waals surface area (Å²) < 4.78 is 18.8. The van der Waals surface area contributed by atoms with Crippen LogP contribution >= 0.6 is 0 Å². The summed E-state index contributed by atoms with van der Waals surface area (Å²) in [6.07, 6.45) is 1.94. The highest BCUT2D eigenvalue weighted by Crippen LogP contribution is 2.18. The van der Waals surface area contributed by atoms with E-state index in [1.165, 1.54) is 17.0 Å². The lowest BCUT2D eigenvalue weighted by molar-refractivity contribution is -0.917. The van der Waals surface area contributed by atoms with Crippen molar-refractivity contribution in [2.24, 2.45) is 5.73 Å². The number of halogens is 1. The van der Waals surface area contributed by atoms with Crippen LogP contribution in [0, 0.1) is 5.82 Å². The van der Waals surface area contributed by atoms with Crippen LogP contribution in [0.2, 0.25) is 0 Å². The molecule has 0 unspecified atom stereocenters. The number of ether oxygens (including phenoxy) is 1. The molecule has 0 saturated carbocycles. The molecule has 1 fully saturated rings. The third-order valence-electron chi connectivity index (χ3n) is 4.62. The predicted molar refractivity (Wildman–Crippen MR) is 95.4 cm³/mol. The molecule has 0 radical (unpaired) electrons. The minimum absolute atomic E-state index is 0.145. The number of primary amides is 1. The molecule has 1 aromatic carbocycles. The monoisotopic (exact) mass is 367 g/mol. The van der Waals surface area contributed by atoms with Gasteiger partial charge in [-0.25, -0.2) is 9.18 Å². The molecule has 0 aliphatic carbocycles. The number of carbonyl (C=O) groups excluding carboxylic acids is 2. The maximum atomic E-state index is 13.5. The first-order valence-electron chi connectivity index (χ1n) is 8.96. The van der Waals surface area contributed by atoms with Gasteiger partial charge >= 0.3 is 6.03 Å². The van der Waals surface area contributed by atoms with Crippen LogP contribution in [-0.2, 0) is 11.3 Å². The van der Waals surface area contributed by atoms with Gasteiger partial charge in [-0.05, 0) is 31.0 Å². The Balaban J connectivity index is 1.72. The molecule has 0 bridgehead atoms. The van der Waals surface area contributed by atoms with Gasteiger partial charge in [0.25, 0.3) is 0 Å². The number of unbranched alkanes of at least 4 members (excludes halogenated alkanes) is 1. The van der Waals surface area contributed by atoms with E-state index in [9.17, 15) is 14.0 Å². The molecule has 0 spiro atoms. The van der Waals surface area contributed by atoms with E-state index in [0.717, 1.165) is 31.5 Å². The van der Waals surface area contributed by atoms with Crippen LogP contribution in [-0.4, -0.2) is 56.7 Å². The lowest BCUT2D eigenvalue weighted by atomic mass is 10.1. The molecular weight excluding hydrogens is 339 g/mol. The minimum atomic E-state index is -0.537. The number of nitrogens with one attached hydrogen (secondary N) is 2. The molecule has 0 atom stereocenters. The van der Waals surface area contributed by atoms with Crippen LogP contribution in [0.3, 0.4) is 0 Å². The summed E-state index contributed by atoms with van der Waals surface area (Å²) in [7, 11) is 1.58. The highest BCUT2D eigenvalue weighted by molar-refractivity contribution is 5.76. The second-order valence-corrected chi connectivity index (χ2v) is 6.51. The number of nitrogens with two attached hydrogens (primary N) is 1. The number of urea groups is 1. The summed E-state index contributed by atoms with van der Waals surface area (Å²) >= 11 is 0. The van der Waals surface area contributed by atoms with Gasteiger partial charge < -0.3 is 25.6 Å². The Hall–Kier alpha value is -2.35. The molecule has 1 aliphatic heterocycles. The number of quaternary nitrogens is 1. The van der Waals surface area contributed by atoms with Gasteiger partial charge in [-0.1, -0.05) is 0 Å². The van der Waals surface area contributed by atoms with Crippen molar-refractivity contribution < 1.29 is 23.6 Å². The van der Waals surface area contributed by atoms with Gasteiger partial charge in [0.2, 0.25) is 5.91 Å². The number of methoxy groups -OCH3 is 1. The van der Waals surface area contributed by atoms with Crippen molar-refractivity contribution in [2.45, 2.75) is 25.8 Å². The topological polar surface area (TPSA) is 89.1 Å². The molecule has 1 aliphatic rings. The maximum Gasteiger partial charge on any atom is 0.312 e. The second kappa shape index (κ2) is 9.96. The highest BCUT2D eigenvalue weighted by Gasteiger charge is 2.24. The van der Waals surface area contributed by atoms with Crippen molar-refractivity contribution in [3.8, 4) is 5.75 Å². The Kier molecular flexibility index (Phi) is 7.65. The number of hydrogen-bond donors (Lipinski definition) is 3. The van der Waals surface area contributed by atoms with E-state index in [-0.39, 0.29) is 11.7 Å². The van der Waals surface area contributed by atoms with E-state index in [4.69, 9.17) is 10.5 Å². The van der Waals surface area contributed by atoms with Crippen LogP contribution in [0.15, 0.2) is 18.2 Å². The average molecular weight is 367 g/mol. The van der Waals surface area contributed by atoms with Gasteiger partial charge in [0, 0.05) is 13.0 Å². The van der Waals surface area contributed by atoms with Crippen molar-refractivity contribution in [1.29, 1.82) is 0 Å². The molecule has 1 saturated heterocycles. The molecule has 144 valence electrons. The normalized spacial score (nSPS) is 14.9. The first-order valence-corrected chi connectivity index (χ1v) is 8.96. The summed E-state index contributed by atoms with van der Waals surface area (Å²) in [4.78, 5) is 26.0. The van der Waals surface area contributed by atoms with Crippen LogP contribution < -0.4 is 20.7 Å². The molecule has 7 nitrogen and oxygen atoms in total. The van der Waals surface area contributed by atoms with E-state index in [2.05, 4.69) is 5.32 Å². The number of nitrogens with zero attached hydrogens (tertiary/aromatic N) is 1. The van der Waals surface area contributed by atoms with Crippen molar-refractivity contribution in [3.05, 3.63) is 29.6 Å².